The fourth-order valence-electron chi connectivity index (χ4n) is 3.09. The van der Waals surface area contributed by atoms with Gasteiger partial charge in [-0.05, 0) is 24.3 Å². The first-order valence-corrected chi connectivity index (χ1v) is 11.1. The Kier molecular flexibility index (Phi) is 6.81. The van der Waals surface area contributed by atoms with Crippen LogP contribution in [0.15, 0.2) is 59.6 Å². The van der Waals surface area contributed by atoms with Crippen LogP contribution >= 0.6 is 0 Å². The van der Waals surface area contributed by atoms with Gasteiger partial charge in [0.05, 0.1) is 12.7 Å². The fraction of sp³-hybridized carbons (Fsp3) is 0.238. The van der Waals surface area contributed by atoms with Gasteiger partial charge in [-0.3, -0.25) is 4.79 Å². The van der Waals surface area contributed by atoms with Crippen LogP contribution in [0.2, 0.25) is 0 Å². The Hall–Kier alpha value is -3.11. The van der Waals surface area contributed by atoms with E-state index >= 15 is 0 Å². The average Bonchev–Trinajstić information content (AvgIpc) is 3.17. The van der Waals surface area contributed by atoms with Gasteiger partial charge in [0, 0.05) is 30.3 Å². The first-order valence-electron chi connectivity index (χ1n) is 9.64. The van der Waals surface area contributed by atoms with Crippen LogP contribution in [0, 0.1) is 11.6 Å². The molecule has 0 aliphatic heterocycles. The van der Waals surface area contributed by atoms with Gasteiger partial charge in [-0.1, -0.05) is 32.0 Å². The molecule has 1 aromatic heterocycles. The van der Waals surface area contributed by atoms with Gasteiger partial charge in [-0.2, -0.15) is 9.40 Å². The standard InChI is InChI=1S/C21H22F2N4O3S/c1-3-26(4-2)31(29,30)19-13-15(9-10-18(19)23)21(28)25-20-11-12-24-27(20)14-16-7-5-6-8-17(16)22/h5-13H,3-4,14H2,1-2H3,(H,25,28). The molecule has 0 saturated heterocycles. The van der Waals surface area contributed by atoms with Crippen molar-refractivity contribution in [2.24, 2.45) is 0 Å². The van der Waals surface area contributed by atoms with E-state index in [-0.39, 0.29) is 31.0 Å². The van der Waals surface area contributed by atoms with Crippen molar-refractivity contribution in [2.45, 2.75) is 25.3 Å². The lowest BCUT2D eigenvalue weighted by atomic mass is 10.2. The van der Waals surface area contributed by atoms with E-state index < -0.39 is 32.5 Å². The maximum atomic E-state index is 14.3. The molecule has 0 atom stereocenters. The summed E-state index contributed by atoms with van der Waals surface area (Å²) in [5, 5.41) is 6.70. The summed E-state index contributed by atoms with van der Waals surface area (Å²) in [4.78, 5) is 12.2. The Morgan fingerprint density at radius 2 is 1.77 bits per heavy atom. The van der Waals surface area contributed by atoms with Gasteiger partial charge < -0.3 is 5.32 Å². The summed E-state index contributed by atoms with van der Waals surface area (Å²) < 4.78 is 56.1. The number of carbonyl (C=O) groups is 1. The van der Waals surface area contributed by atoms with Gasteiger partial charge >= 0.3 is 0 Å². The monoisotopic (exact) mass is 448 g/mol. The minimum Gasteiger partial charge on any atom is -0.307 e. The number of nitrogens with one attached hydrogen (secondary N) is 1. The first kappa shape index (κ1) is 22.6. The molecule has 0 saturated carbocycles. The third kappa shape index (κ3) is 4.80. The molecule has 1 amide bonds. The summed E-state index contributed by atoms with van der Waals surface area (Å²) in [7, 11) is -4.08. The van der Waals surface area contributed by atoms with Crippen LogP contribution in [0.5, 0.6) is 0 Å². The molecule has 7 nitrogen and oxygen atoms in total. The molecule has 0 radical (unpaired) electrons. The van der Waals surface area contributed by atoms with Gasteiger partial charge in [0.15, 0.2) is 0 Å². The maximum Gasteiger partial charge on any atom is 0.256 e. The Labute approximate surface area is 179 Å². The number of benzene rings is 2. The van der Waals surface area contributed by atoms with E-state index in [1.165, 1.54) is 29.1 Å². The lowest BCUT2D eigenvalue weighted by Crippen LogP contribution is -2.31. The van der Waals surface area contributed by atoms with Gasteiger partial charge in [0.25, 0.3) is 5.91 Å². The molecule has 0 aliphatic carbocycles. The molecule has 0 fully saturated rings. The molecule has 164 valence electrons. The number of halogens is 2. The molecule has 1 heterocycles. The van der Waals surface area contributed by atoms with E-state index in [1.54, 1.807) is 32.0 Å². The molecule has 0 aliphatic rings. The Morgan fingerprint density at radius 3 is 2.45 bits per heavy atom. The number of anilines is 1. The van der Waals surface area contributed by atoms with Crippen molar-refractivity contribution < 1.29 is 22.0 Å². The number of sulfonamides is 1. The third-order valence-corrected chi connectivity index (χ3v) is 6.82. The minimum absolute atomic E-state index is 0.0363. The number of hydrogen-bond acceptors (Lipinski definition) is 4. The number of nitrogens with zero attached hydrogens (tertiary/aromatic N) is 3. The molecule has 2 aromatic carbocycles. The van der Waals surface area contributed by atoms with Crippen LogP contribution < -0.4 is 5.32 Å². The predicted octanol–water partition coefficient (Wildman–Crippen LogP) is 3.49. The molecule has 3 aromatic rings. The number of hydrogen-bond donors (Lipinski definition) is 1. The molecular weight excluding hydrogens is 426 g/mol. The second kappa shape index (κ2) is 9.36. The maximum absolute atomic E-state index is 14.3. The highest BCUT2D eigenvalue weighted by Crippen LogP contribution is 2.22. The fourth-order valence-corrected chi connectivity index (χ4v) is 4.63. The van der Waals surface area contributed by atoms with Gasteiger partial charge in [-0.25, -0.2) is 21.9 Å². The van der Waals surface area contributed by atoms with Crippen molar-refractivity contribution in [1.29, 1.82) is 0 Å². The summed E-state index contributed by atoms with van der Waals surface area (Å²) in [6.07, 6.45) is 1.44. The zero-order valence-electron chi connectivity index (χ0n) is 17.0. The predicted molar refractivity (Wildman–Crippen MR) is 112 cm³/mol. The second-order valence-corrected chi connectivity index (χ2v) is 8.56. The second-order valence-electron chi connectivity index (χ2n) is 6.65. The lowest BCUT2D eigenvalue weighted by Gasteiger charge is -2.19. The average molecular weight is 448 g/mol. The molecule has 0 spiro atoms. The van der Waals surface area contributed by atoms with Gasteiger partial charge in [0.2, 0.25) is 10.0 Å². The van der Waals surface area contributed by atoms with Crippen LogP contribution in [-0.2, 0) is 16.6 Å². The first-order chi connectivity index (χ1) is 14.8. The Bertz CT molecular complexity index is 1190. The summed E-state index contributed by atoms with van der Waals surface area (Å²) in [6, 6.07) is 10.9. The van der Waals surface area contributed by atoms with Crippen LogP contribution in [0.25, 0.3) is 0 Å². The van der Waals surface area contributed by atoms with Crippen molar-refractivity contribution in [3.05, 3.63) is 77.5 Å². The van der Waals surface area contributed by atoms with Gasteiger partial charge in [0.1, 0.15) is 22.3 Å². The number of aromatic nitrogens is 2. The number of carbonyl (C=O) groups excluding carboxylic acids is 1. The highest BCUT2D eigenvalue weighted by molar-refractivity contribution is 7.89. The quantitative estimate of drug-likeness (QED) is 0.572. The lowest BCUT2D eigenvalue weighted by molar-refractivity contribution is 0.102. The molecule has 10 heteroatoms. The third-order valence-electron chi connectivity index (χ3n) is 4.75. The van der Waals surface area contributed by atoms with Crippen molar-refractivity contribution >= 4 is 21.7 Å². The van der Waals surface area contributed by atoms with Crippen molar-refractivity contribution in [3.63, 3.8) is 0 Å². The van der Waals surface area contributed by atoms with Gasteiger partial charge in [-0.15, -0.1) is 0 Å². The van der Waals surface area contributed by atoms with E-state index in [0.717, 1.165) is 16.4 Å². The summed E-state index contributed by atoms with van der Waals surface area (Å²) in [5.41, 5.74) is 0.349. The smallest absolute Gasteiger partial charge is 0.256 e. The van der Waals surface area contributed by atoms with E-state index in [1.807, 2.05) is 0 Å². The number of amides is 1. The zero-order valence-corrected chi connectivity index (χ0v) is 17.9. The van der Waals surface area contributed by atoms with Crippen molar-refractivity contribution in [1.82, 2.24) is 14.1 Å². The van der Waals surface area contributed by atoms with Crippen molar-refractivity contribution in [2.75, 3.05) is 18.4 Å². The molecule has 0 bridgehead atoms. The van der Waals surface area contributed by atoms with E-state index in [2.05, 4.69) is 10.4 Å². The van der Waals surface area contributed by atoms with Crippen LogP contribution in [0.3, 0.4) is 0 Å². The van der Waals surface area contributed by atoms with Crippen LogP contribution in [-0.4, -0.2) is 41.5 Å². The molecule has 31 heavy (non-hydrogen) atoms. The number of rotatable bonds is 8. The molecule has 3 rings (SSSR count). The molecular formula is C21H22F2N4O3S. The highest BCUT2D eigenvalue weighted by Gasteiger charge is 2.26. The largest absolute Gasteiger partial charge is 0.307 e. The normalized spacial score (nSPS) is 11.6. The summed E-state index contributed by atoms with van der Waals surface area (Å²) in [5.74, 6) is -1.70. The SMILES string of the molecule is CCN(CC)S(=O)(=O)c1cc(C(=O)Nc2ccnn2Cc2ccccc2F)ccc1F. The zero-order chi connectivity index (χ0) is 22.6. The molecule has 1 N–H and O–H groups in total. The highest BCUT2D eigenvalue weighted by atomic mass is 32.2. The van der Waals surface area contributed by atoms with Crippen molar-refractivity contribution in [3.8, 4) is 0 Å². The van der Waals surface area contributed by atoms with Crippen LogP contribution in [0.4, 0.5) is 14.6 Å². The topological polar surface area (TPSA) is 84.3 Å². The Balaban J connectivity index is 1.86. The van der Waals surface area contributed by atoms with E-state index in [0.29, 0.717) is 5.56 Å². The van der Waals surface area contributed by atoms with Crippen LogP contribution in [0.1, 0.15) is 29.8 Å². The van der Waals surface area contributed by atoms with E-state index in [4.69, 9.17) is 0 Å². The van der Waals surface area contributed by atoms with E-state index in [9.17, 15) is 22.0 Å². The summed E-state index contributed by atoms with van der Waals surface area (Å²) in [6.45, 7) is 3.71. The summed E-state index contributed by atoms with van der Waals surface area (Å²) >= 11 is 0. The minimum atomic E-state index is -4.08. The molecule has 0 unspecified atom stereocenters. The Morgan fingerprint density at radius 1 is 1.06 bits per heavy atom.